The Kier molecular flexibility index (Phi) is 44.0. The maximum Gasteiger partial charge on any atom is 0.432 e. The van der Waals surface area contributed by atoms with Gasteiger partial charge in [0.15, 0.2) is 46.0 Å². The zero-order chi connectivity index (χ0) is 82.0. The van der Waals surface area contributed by atoms with Crippen LogP contribution in [0.5, 0.6) is 46.0 Å². The average Bonchev–Trinajstić information content (AvgIpc) is 1.27. The fourth-order valence-corrected chi connectivity index (χ4v) is 15.0. The highest BCUT2D eigenvalue weighted by atomic mass is 32.1. The number of ether oxygens (including phenoxy) is 4. The van der Waals surface area contributed by atoms with E-state index in [0.717, 1.165) is 191 Å². The van der Waals surface area contributed by atoms with Gasteiger partial charge in [0.05, 0.1) is 0 Å². The van der Waals surface area contributed by atoms with Gasteiger partial charge in [0, 0.05) is 78.0 Å². The molecular weight excluding hydrogens is 1480 g/mol. The Labute approximate surface area is 683 Å². The number of nitrogens with one attached hydrogen (secondary N) is 3. The van der Waals surface area contributed by atoms with E-state index in [1.54, 1.807) is 48.7 Å². The minimum Gasteiger partial charge on any atom is -0.504 e. The number of likely N-dealkylation sites (tertiary alicyclic amines) is 6. The Morgan fingerprint density at radius 2 is 0.667 bits per heavy atom. The molecular formula is C86H133N11O16S. The van der Waals surface area contributed by atoms with Crippen LogP contribution in [0.1, 0.15) is 202 Å². The van der Waals surface area contributed by atoms with E-state index in [2.05, 4.69) is 45.3 Å². The lowest BCUT2D eigenvalue weighted by molar-refractivity contribution is -0.171. The standard InChI is InChI=1S/C50H76N6O8.C16H18O4.C12H19N3O4.C7H16N2.CH4S/c57-47(19-15-35-53-27-7-1-8-28-53)61-43-23-21-42(40-46(43)64-50(60)52-26-38-56-33-13-4-14-34-56)18-6-5-17-41-22-24-44(63-49(59)51-25-37-55-31-11-3-12-32-55)45(39-41)62-48(58)20-16-36-54-29-9-2-10-30-54;17-13-7-5-11(9-15(13)19)3-1-2-4-12-6-8-14(18)16(20)10-12;16-10-4-5-11(17)15(10)19-12(18)13-6-9-14-7-2-1-3-8-14;8-4-7-9-5-2-1-3-6-9;1-2/h21-24,39-40H,1-20,25-38H2,(H,51,59)(H,52,60);5-10,17-20H,1-4H2;1-9H2,(H,13,18);1-8H2;2H,1H3/i/hD. The van der Waals surface area contributed by atoms with Crippen LogP contribution in [0.25, 0.3) is 0 Å². The number of nitrogens with two attached hydrogens (primary N) is 1. The number of aromatic hydroxyl groups is 4. The molecule has 7 fully saturated rings. The third kappa shape index (κ3) is 37.3. The van der Waals surface area contributed by atoms with E-state index in [9.17, 15) is 54.0 Å². The van der Waals surface area contributed by atoms with Crippen molar-refractivity contribution in [1.29, 1.82) is 1.12 Å². The van der Waals surface area contributed by atoms with Crippen LogP contribution in [0.3, 0.4) is 0 Å². The molecule has 7 aliphatic heterocycles. The highest BCUT2D eigenvalue weighted by Gasteiger charge is 2.33. The van der Waals surface area contributed by atoms with E-state index in [0.29, 0.717) is 50.4 Å². The molecule has 0 bridgehead atoms. The molecule has 0 saturated carbocycles. The first-order valence-electron chi connectivity index (χ1n) is 42.8. The van der Waals surface area contributed by atoms with Crippen LogP contribution in [0, 0.1) is 0 Å². The number of hydrogen-bond acceptors (Lipinski definition) is 24. The summed E-state index contributed by atoms with van der Waals surface area (Å²) in [6, 6.07) is 20.6. The van der Waals surface area contributed by atoms with Crippen LogP contribution in [0.2, 0.25) is 0 Å². The van der Waals surface area contributed by atoms with Gasteiger partial charge >= 0.3 is 30.2 Å². The Morgan fingerprint density at radius 1 is 0.377 bits per heavy atom. The minimum atomic E-state index is -0.749. The molecule has 0 aliphatic carbocycles. The second-order valence-electron chi connectivity index (χ2n) is 30.5. The molecule has 114 heavy (non-hydrogen) atoms. The van der Waals surface area contributed by atoms with Crippen molar-refractivity contribution in [3.63, 3.8) is 0 Å². The van der Waals surface area contributed by atoms with Crippen molar-refractivity contribution in [1.82, 2.24) is 50.4 Å². The van der Waals surface area contributed by atoms with Gasteiger partial charge in [0.1, 0.15) is 1.12 Å². The van der Waals surface area contributed by atoms with Gasteiger partial charge in [0.2, 0.25) is 0 Å². The van der Waals surface area contributed by atoms with E-state index in [-0.39, 0.29) is 77.2 Å². The summed E-state index contributed by atoms with van der Waals surface area (Å²) in [6.45, 7) is 20.5. The fraction of sp³-hybridized carbons (Fsp3) is 0.640. The largest absolute Gasteiger partial charge is 0.504 e. The Hall–Kier alpha value is -7.96. The summed E-state index contributed by atoms with van der Waals surface area (Å²) in [6.07, 6.45) is 31.0. The summed E-state index contributed by atoms with van der Waals surface area (Å²) in [5.74, 6) is -1.06. The van der Waals surface area contributed by atoms with Crippen molar-refractivity contribution in [2.45, 2.75) is 205 Å². The average molecular weight is 1610 g/mol. The molecule has 27 nitrogen and oxygen atoms in total. The number of esters is 2. The Bertz CT molecular complexity index is 3320. The first-order chi connectivity index (χ1) is 55.9. The van der Waals surface area contributed by atoms with E-state index in [1.807, 2.05) is 18.2 Å². The SMILES string of the molecule is NCCN1CCCCC1.O=C(CCCN1CCCCC1)Oc1cc(CCCCc2ccc(OC(=O)CCCN3CCCCC3)c(OC(=O)NCCN3CCCCC3)c2)ccc1OC(=O)NCCN1CCCCC1.O=C(NCCN1CCCCC1)ON1C(=O)CCC1=O.Oc1ccc(CCCCc2ccc(O)c(O)c2)cc1O.[2H]SC. The third-order valence-corrected chi connectivity index (χ3v) is 21.4. The number of amides is 5. The van der Waals surface area contributed by atoms with Crippen LogP contribution in [0.15, 0.2) is 72.8 Å². The molecule has 0 atom stereocenters. The number of phenolic OH excluding ortho intramolecular Hbond substituents is 4. The summed E-state index contributed by atoms with van der Waals surface area (Å²) in [5, 5.41) is 46.1. The normalized spacial score (nSPS) is 17.3. The van der Waals surface area contributed by atoms with Crippen LogP contribution in [-0.4, -0.2) is 248 Å². The number of phenols is 4. The predicted octanol–water partition coefficient (Wildman–Crippen LogP) is 12.1. The van der Waals surface area contributed by atoms with Crippen molar-refractivity contribution in [2.24, 2.45) is 5.73 Å². The molecule has 0 aromatic heterocycles. The summed E-state index contributed by atoms with van der Waals surface area (Å²) in [4.78, 5) is 105. The quantitative estimate of drug-likeness (QED) is 0.00524. The molecule has 0 unspecified atom stereocenters. The lowest BCUT2D eigenvalue weighted by Gasteiger charge is -2.26. The Morgan fingerprint density at radius 3 is 1.02 bits per heavy atom. The van der Waals surface area contributed by atoms with Gasteiger partial charge < -0.3 is 95.3 Å². The monoisotopic (exact) mass is 1610 g/mol. The zero-order valence-corrected chi connectivity index (χ0v) is 68.7. The number of aryl methyl sites for hydroxylation is 4. The van der Waals surface area contributed by atoms with Gasteiger partial charge in [0.25, 0.3) is 11.8 Å². The number of hydrogen-bond donors (Lipinski definition) is 9. The predicted molar refractivity (Wildman–Crippen MR) is 445 cm³/mol. The van der Waals surface area contributed by atoms with Gasteiger partial charge in [-0.3, -0.25) is 19.2 Å². The van der Waals surface area contributed by atoms with Crippen LogP contribution < -0.4 is 40.6 Å². The smallest absolute Gasteiger partial charge is 0.432 e. The van der Waals surface area contributed by atoms with Gasteiger partial charge in [-0.15, -0.1) is 5.06 Å². The fourth-order valence-electron chi connectivity index (χ4n) is 15.0. The summed E-state index contributed by atoms with van der Waals surface area (Å²) >= 11 is 1.000. The third-order valence-electron chi connectivity index (χ3n) is 21.4. The number of piperidine rings is 6. The highest BCUT2D eigenvalue weighted by Crippen LogP contribution is 2.33. The Balaban J connectivity index is 0.000000285. The van der Waals surface area contributed by atoms with E-state index < -0.39 is 30.1 Å². The van der Waals surface area contributed by atoms with Crippen LogP contribution >= 0.6 is 12.5 Å². The van der Waals surface area contributed by atoms with Crippen molar-refractivity contribution in [2.75, 3.05) is 150 Å². The van der Waals surface area contributed by atoms with Crippen LogP contribution in [-0.2, 0) is 49.7 Å². The first kappa shape index (κ1) is 91.6. The van der Waals surface area contributed by atoms with Crippen molar-refractivity contribution < 1.29 is 77.8 Å². The molecule has 0 spiro atoms. The number of benzene rings is 4. The van der Waals surface area contributed by atoms with E-state index in [4.69, 9.17) is 30.6 Å². The molecule has 7 heterocycles. The molecule has 4 aromatic rings. The topological polar surface area (TPSA) is 331 Å². The second kappa shape index (κ2) is 54.8. The molecule has 11 rings (SSSR count). The molecule has 4 aromatic carbocycles. The molecule has 7 aliphatic rings. The lowest BCUT2D eigenvalue weighted by Crippen LogP contribution is -2.41. The number of imide groups is 1. The van der Waals surface area contributed by atoms with Crippen molar-refractivity contribution in [3.8, 4) is 46.0 Å². The van der Waals surface area contributed by atoms with Gasteiger partial charge in [-0.1, -0.05) is 62.8 Å². The first-order valence-corrected chi connectivity index (χ1v) is 43.2. The summed E-state index contributed by atoms with van der Waals surface area (Å²) in [7, 11) is 0. The number of thiol groups is 1. The molecule has 7 saturated heterocycles. The van der Waals surface area contributed by atoms with Crippen molar-refractivity contribution in [3.05, 3.63) is 95.1 Å². The number of rotatable bonds is 34. The number of carbonyl (C=O) groups excluding carboxylic acids is 7. The molecule has 9 N–H and O–H groups in total. The maximum atomic E-state index is 13.1. The number of hydroxylamine groups is 2. The summed E-state index contributed by atoms with van der Waals surface area (Å²) < 4.78 is 29.3. The van der Waals surface area contributed by atoms with Gasteiger partial charge in [-0.2, -0.15) is 12.5 Å². The zero-order valence-electron chi connectivity index (χ0n) is 68.9. The van der Waals surface area contributed by atoms with E-state index in [1.165, 1.54) is 141 Å². The number of carbonyl (C=O) groups is 7. The van der Waals surface area contributed by atoms with Gasteiger partial charge in [-0.05, 0) is 310 Å². The number of nitrogens with zero attached hydrogens (tertiary/aromatic N) is 7. The maximum absolute atomic E-state index is 13.1. The minimum absolute atomic E-state index is 0.0917. The van der Waals surface area contributed by atoms with Crippen LogP contribution in [0.4, 0.5) is 14.4 Å². The molecule has 28 heteroatoms. The summed E-state index contributed by atoms with van der Waals surface area (Å²) in [5.41, 5.74) is 9.29. The van der Waals surface area contributed by atoms with Gasteiger partial charge in [-0.25, -0.2) is 14.4 Å². The number of unbranched alkanes of at least 4 members (excludes halogenated alkanes) is 2. The molecule has 0 radical (unpaired) electrons. The second-order valence-corrected chi connectivity index (χ2v) is 30.5. The lowest BCUT2D eigenvalue weighted by atomic mass is 10.0. The highest BCUT2D eigenvalue weighted by molar-refractivity contribution is 7.79. The van der Waals surface area contributed by atoms with E-state index >= 15 is 0 Å². The molecule has 5 amide bonds. The molecule has 634 valence electrons. The van der Waals surface area contributed by atoms with Crippen molar-refractivity contribution >= 4 is 54.6 Å².